The zero-order valence-corrected chi connectivity index (χ0v) is 13.1. The van der Waals surface area contributed by atoms with Gasteiger partial charge in [0.15, 0.2) is 0 Å². The van der Waals surface area contributed by atoms with E-state index in [4.69, 9.17) is 0 Å². The van der Waals surface area contributed by atoms with Gasteiger partial charge in [-0.05, 0) is 43.0 Å². The van der Waals surface area contributed by atoms with Gasteiger partial charge in [0.1, 0.15) is 0 Å². The van der Waals surface area contributed by atoms with Gasteiger partial charge in [0.2, 0.25) is 0 Å². The minimum atomic E-state index is 0.376. The van der Waals surface area contributed by atoms with Gasteiger partial charge in [0, 0.05) is 17.1 Å². The van der Waals surface area contributed by atoms with Crippen molar-refractivity contribution in [2.75, 3.05) is 6.54 Å². The molecule has 0 aromatic carbocycles. The van der Waals surface area contributed by atoms with Crippen LogP contribution in [0, 0.1) is 0 Å². The van der Waals surface area contributed by atoms with E-state index in [9.17, 15) is 0 Å². The third-order valence-corrected chi connectivity index (χ3v) is 4.89. The molecule has 2 nitrogen and oxygen atoms in total. The average Bonchev–Trinajstić information content (AvgIpc) is 2.94. The van der Waals surface area contributed by atoms with Crippen LogP contribution in [0.4, 0.5) is 0 Å². The number of hydrogen-bond acceptors (Lipinski definition) is 4. The molecule has 4 heteroatoms. The lowest BCUT2D eigenvalue weighted by atomic mass is 10.1. The summed E-state index contributed by atoms with van der Waals surface area (Å²) in [5, 5.41) is 5.64. The largest absolute Gasteiger partial charge is 0.309 e. The Kier molecular flexibility index (Phi) is 5.89. The van der Waals surface area contributed by atoms with Crippen LogP contribution < -0.4 is 5.32 Å². The summed E-state index contributed by atoms with van der Waals surface area (Å²) in [6, 6.07) is 8.91. The Morgan fingerprint density at radius 2 is 2.21 bits per heavy atom. The summed E-state index contributed by atoms with van der Waals surface area (Å²) in [6.45, 7) is 5.43. The van der Waals surface area contributed by atoms with Crippen molar-refractivity contribution >= 4 is 23.1 Å². The zero-order valence-electron chi connectivity index (χ0n) is 11.4. The first-order chi connectivity index (χ1) is 9.33. The van der Waals surface area contributed by atoms with E-state index in [2.05, 4.69) is 53.8 Å². The van der Waals surface area contributed by atoms with Crippen LogP contribution in [0.25, 0.3) is 0 Å². The molecular formula is C15H20N2S2. The van der Waals surface area contributed by atoms with Gasteiger partial charge in [-0.3, -0.25) is 4.98 Å². The Morgan fingerprint density at radius 1 is 1.32 bits per heavy atom. The lowest BCUT2D eigenvalue weighted by Crippen LogP contribution is -2.22. The second-order valence-electron chi connectivity index (χ2n) is 4.37. The van der Waals surface area contributed by atoms with Crippen LogP contribution in [0.1, 0.15) is 38.4 Å². The van der Waals surface area contributed by atoms with Crippen molar-refractivity contribution in [2.45, 2.75) is 41.8 Å². The fourth-order valence-electron chi connectivity index (χ4n) is 1.87. The normalized spacial score (nSPS) is 12.5. The molecule has 2 rings (SSSR count). The molecule has 2 aromatic rings. The Labute approximate surface area is 123 Å². The number of pyridine rings is 1. The van der Waals surface area contributed by atoms with Crippen LogP contribution >= 0.6 is 23.1 Å². The standard InChI is InChI=1S/C15H20N2S2/c1-3-9-16-13(4-2)14-8-7-12(11-17-14)19-15-6-5-10-18-15/h5-8,10-11,13,16H,3-4,9H2,1-2H3. The first-order valence-electron chi connectivity index (χ1n) is 6.74. The molecule has 0 saturated heterocycles. The third kappa shape index (κ3) is 4.34. The van der Waals surface area contributed by atoms with E-state index in [1.165, 1.54) is 9.10 Å². The molecule has 0 aliphatic heterocycles. The summed E-state index contributed by atoms with van der Waals surface area (Å²) in [5.74, 6) is 0. The minimum Gasteiger partial charge on any atom is -0.309 e. The van der Waals surface area contributed by atoms with E-state index in [0.717, 1.165) is 25.1 Å². The summed E-state index contributed by atoms with van der Waals surface area (Å²) in [4.78, 5) is 5.81. The second kappa shape index (κ2) is 7.68. The first-order valence-corrected chi connectivity index (χ1v) is 8.43. The van der Waals surface area contributed by atoms with Crippen molar-refractivity contribution in [2.24, 2.45) is 0 Å². The molecule has 0 amide bonds. The van der Waals surface area contributed by atoms with E-state index in [1.807, 2.05) is 6.20 Å². The quantitative estimate of drug-likeness (QED) is 0.797. The lowest BCUT2D eigenvalue weighted by Gasteiger charge is -2.16. The van der Waals surface area contributed by atoms with E-state index in [-0.39, 0.29) is 0 Å². The maximum absolute atomic E-state index is 4.60. The van der Waals surface area contributed by atoms with Crippen LogP contribution in [0.15, 0.2) is 44.9 Å². The van der Waals surface area contributed by atoms with Gasteiger partial charge in [-0.1, -0.05) is 31.7 Å². The van der Waals surface area contributed by atoms with Gasteiger partial charge in [-0.25, -0.2) is 0 Å². The van der Waals surface area contributed by atoms with Crippen molar-refractivity contribution in [3.63, 3.8) is 0 Å². The smallest absolute Gasteiger partial charge is 0.0646 e. The molecule has 1 atom stereocenters. The van der Waals surface area contributed by atoms with Crippen molar-refractivity contribution in [1.82, 2.24) is 10.3 Å². The summed E-state index contributed by atoms with van der Waals surface area (Å²) < 4.78 is 1.31. The molecule has 2 aromatic heterocycles. The molecule has 2 heterocycles. The highest BCUT2D eigenvalue weighted by molar-refractivity contribution is 8.01. The lowest BCUT2D eigenvalue weighted by molar-refractivity contribution is 0.507. The van der Waals surface area contributed by atoms with Gasteiger partial charge < -0.3 is 5.32 Å². The topological polar surface area (TPSA) is 24.9 Å². The Morgan fingerprint density at radius 3 is 2.79 bits per heavy atom. The maximum Gasteiger partial charge on any atom is 0.0646 e. The monoisotopic (exact) mass is 292 g/mol. The van der Waals surface area contributed by atoms with Crippen molar-refractivity contribution in [3.8, 4) is 0 Å². The van der Waals surface area contributed by atoms with Crippen LogP contribution in [-0.2, 0) is 0 Å². The van der Waals surface area contributed by atoms with E-state index < -0.39 is 0 Å². The molecule has 0 bridgehead atoms. The van der Waals surface area contributed by atoms with Gasteiger partial charge in [-0.15, -0.1) is 11.3 Å². The van der Waals surface area contributed by atoms with Gasteiger partial charge in [0.05, 0.1) is 9.90 Å². The molecule has 1 N–H and O–H groups in total. The number of hydrogen-bond donors (Lipinski definition) is 1. The molecule has 0 spiro atoms. The van der Waals surface area contributed by atoms with Gasteiger partial charge >= 0.3 is 0 Å². The molecule has 0 aliphatic rings. The molecule has 0 saturated carbocycles. The SMILES string of the molecule is CCCNC(CC)c1ccc(Sc2cccs2)cn1. The number of thiophene rings is 1. The summed E-state index contributed by atoms with van der Waals surface area (Å²) in [5.41, 5.74) is 1.14. The number of rotatable bonds is 7. The molecule has 0 aliphatic carbocycles. The van der Waals surface area contributed by atoms with Crippen LogP contribution in [0.2, 0.25) is 0 Å². The van der Waals surface area contributed by atoms with E-state index in [1.54, 1.807) is 23.1 Å². The van der Waals surface area contributed by atoms with E-state index in [0.29, 0.717) is 6.04 Å². The molecule has 19 heavy (non-hydrogen) atoms. The van der Waals surface area contributed by atoms with Gasteiger partial charge in [-0.2, -0.15) is 0 Å². The third-order valence-electron chi connectivity index (χ3n) is 2.88. The molecule has 1 unspecified atom stereocenters. The second-order valence-corrected chi connectivity index (χ2v) is 6.69. The van der Waals surface area contributed by atoms with Crippen LogP contribution in [0.5, 0.6) is 0 Å². The van der Waals surface area contributed by atoms with Crippen LogP contribution in [0.3, 0.4) is 0 Å². The Bertz CT molecular complexity index is 465. The number of nitrogens with zero attached hydrogens (tertiary/aromatic N) is 1. The van der Waals surface area contributed by atoms with E-state index >= 15 is 0 Å². The predicted molar refractivity (Wildman–Crippen MR) is 84.0 cm³/mol. The van der Waals surface area contributed by atoms with Crippen molar-refractivity contribution in [3.05, 3.63) is 41.5 Å². The zero-order chi connectivity index (χ0) is 13.5. The Hall–Kier alpha value is -0.840. The average molecular weight is 292 g/mol. The molecule has 0 fully saturated rings. The summed E-state index contributed by atoms with van der Waals surface area (Å²) in [7, 11) is 0. The molecular weight excluding hydrogens is 272 g/mol. The first kappa shape index (κ1) is 14.6. The fourth-order valence-corrected chi connectivity index (χ4v) is 3.59. The highest BCUT2D eigenvalue weighted by Crippen LogP contribution is 2.31. The predicted octanol–water partition coefficient (Wildman–Crippen LogP) is 4.75. The van der Waals surface area contributed by atoms with Crippen LogP contribution in [-0.4, -0.2) is 11.5 Å². The fraction of sp³-hybridized carbons (Fsp3) is 0.400. The van der Waals surface area contributed by atoms with Crippen molar-refractivity contribution in [1.29, 1.82) is 0 Å². The molecule has 0 radical (unpaired) electrons. The Balaban J connectivity index is 2.00. The maximum atomic E-state index is 4.60. The molecule has 102 valence electrons. The minimum absolute atomic E-state index is 0.376. The van der Waals surface area contributed by atoms with Gasteiger partial charge in [0.25, 0.3) is 0 Å². The number of nitrogens with one attached hydrogen (secondary N) is 1. The summed E-state index contributed by atoms with van der Waals surface area (Å²) in [6.07, 6.45) is 4.21. The summed E-state index contributed by atoms with van der Waals surface area (Å²) >= 11 is 3.54. The van der Waals surface area contributed by atoms with Crippen molar-refractivity contribution < 1.29 is 0 Å². The highest BCUT2D eigenvalue weighted by Gasteiger charge is 2.09. The number of aromatic nitrogens is 1. The highest BCUT2D eigenvalue weighted by atomic mass is 32.2.